The van der Waals surface area contributed by atoms with Gasteiger partial charge in [0.15, 0.2) is 0 Å². The lowest BCUT2D eigenvalue weighted by Gasteiger charge is -2.59. The van der Waals surface area contributed by atoms with Gasteiger partial charge in [-0.05, 0) is 80.8 Å². The molecule has 1 heterocycles. The molecular formula is C18H27ClN2. The van der Waals surface area contributed by atoms with Crippen molar-refractivity contribution in [3.8, 4) is 0 Å². The number of halogens is 1. The van der Waals surface area contributed by atoms with Crippen molar-refractivity contribution >= 4 is 12.4 Å². The smallest absolute Gasteiger partial charge is 0.0541 e. The van der Waals surface area contributed by atoms with Crippen LogP contribution >= 0.6 is 12.4 Å². The Labute approximate surface area is 134 Å². The molecule has 0 aliphatic heterocycles. The van der Waals surface area contributed by atoms with Gasteiger partial charge in [0, 0.05) is 18.8 Å². The Bertz CT molecular complexity index is 438. The van der Waals surface area contributed by atoms with E-state index in [4.69, 9.17) is 0 Å². The van der Waals surface area contributed by atoms with Crippen LogP contribution in [-0.2, 0) is 6.54 Å². The third-order valence-electron chi connectivity index (χ3n) is 6.32. The van der Waals surface area contributed by atoms with Crippen LogP contribution in [0.5, 0.6) is 0 Å². The molecule has 1 aromatic heterocycles. The van der Waals surface area contributed by atoms with Gasteiger partial charge in [0.1, 0.15) is 0 Å². The van der Waals surface area contributed by atoms with E-state index in [-0.39, 0.29) is 12.4 Å². The highest BCUT2D eigenvalue weighted by Crippen LogP contribution is 2.61. The molecule has 0 aromatic carbocycles. The van der Waals surface area contributed by atoms with Gasteiger partial charge in [0.05, 0.1) is 5.69 Å². The minimum absolute atomic E-state index is 0. The fraction of sp³-hybridized carbons (Fsp3) is 0.722. The van der Waals surface area contributed by atoms with Gasteiger partial charge < -0.3 is 5.32 Å². The summed E-state index contributed by atoms with van der Waals surface area (Å²) in [5.74, 6) is 3.13. The topological polar surface area (TPSA) is 24.9 Å². The number of nitrogens with zero attached hydrogens (tertiary/aromatic N) is 1. The van der Waals surface area contributed by atoms with Gasteiger partial charge in [-0.1, -0.05) is 6.07 Å². The number of hydrogen-bond donors (Lipinski definition) is 1. The number of pyridine rings is 1. The van der Waals surface area contributed by atoms with Gasteiger partial charge in [0.2, 0.25) is 0 Å². The monoisotopic (exact) mass is 306 g/mol. The summed E-state index contributed by atoms with van der Waals surface area (Å²) in [6.07, 6.45) is 10.9. The molecule has 0 spiro atoms. The SMILES string of the molecule is CC(NCc1ccccn1)C12CC3CC(CC(C3)C1)C2.Cl. The molecule has 0 radical (unpaired) electrons. The van der Waals surface area contributed by atoms with E-state index < -0.39 is 0 Å². The summed E-state index contributed by atoms with van der Waals surface area (Å²) in [5.41, 5.74) is 1.77. The number of aromatic nitrogens is 1. The summed E-state index contributed by atoms with van der Waals surface area (Å²) >= 11 is 0. The zero-order valence-electron chi connectivity index (χ0n) is 12.9. The Kier molecular flexibility index (Phi) is 4.29. The van der Waals surface area contributed by atoms with E-state index in [2.05, 4.69) is 29.4 Å². The second-order valence-electron chi connectivity index (χ2n) is 7.70. The average molecular weight is 307 g/mol. The van der Waals surface area contributed by atoms with Crippen LogP contribution in [0.2, 0.25) is 0 Å². The van der Waals surface area contributed by atoms with Crippen LogP contribution in [0.4, 0.5) is 0 Å². The summed E-state index contributed by atoms with van der Waals surface area (Å²) in [4.78, 5) is 4.43. The van der Waals surface area contributed by atoms with Crippen molar-refractivity contribution in [1.82, 2.24) is 10.3 Å². The lowest BCUT2D eigenvalue weighted by atomic mass is 9.48. The van der Waals surface area contributed by atoms with Crippen molar-refractivity contribution in [3.05, 3.63) is 30.1 Å². The molecule has 5 rings (SSSR count). The second kappa shape index (κ2) is 5.89. The van der Waals surface area contributed by atoms with E-state index in [9.17, 15) is 0 Å². The maximum Gasteiger partial charge on any atom is 0.0541 e. The Morgan fingerprint density at radius 1 is 1.14 bits per heavy atom. The molecule has 0 amide bonds. The lowest BCUT2D eigenvalue weighted by Crippen LogP contribution is -2.54. The van der Waals surface area contributed by atoms with Crippen LogP contribution in [-0.4, -0.2) is 11.0 Å². The fourth-order valence-electron chi connectivity index (χ4n) is 5.68. The van der Waals surface area contributed by atoms with Crippen molar-refractivity contribution in [2.45, 2.75) is 58.0 Å². The van der Waals surface area contributed by atoms with E-state index in [0.717, 1.165) is 24.3 Å². The largest absolute Gasteiger partial charge is 0.308 e. The molecule has 2 nitrogen and oxygen atoms in total. The molecule has 1 atom stereocenters. The summed E-state index contributed by atoms with van der Waals surface area (Å²) in [5, 5.41) is 3.79. The molecule has 0 saturated heterocycles. The van der Waals surface area contributed by atoms with E-state index in [1.165, 1.54) is 44.2 Å². The van der Waals surface area contributed by atoms with E-state index in [1.807, 2.05) is 12.3 Å². The van der Waals surface area contributed by atoms with Gasteiger partial charge in [-0.2, -0.15) is 0 Å². The first-order chi connectivity index (χ1) is 9.73. The highest BCUT2D eigenvalue weighted by molar-refractivity contribution is 5.85. The molecule has 1 N–H and O–H groups in total. The van der Waals surface area contributed by atoms with Crippen LogP contribution in [0.3, 0.4) is 0 Å². The van der Waals surface area contributed by atoms with Crippen molar-refractivity contribution in [1.29, 1.82) is 0 Å². The molecule has 4 saturated carbocycles. The Morgan fingerprint density at radius 3 is 2.29 bits per heavy atom. The molecule has 1 aromatic rings. The summed E-state index contributed by atoms with van der Waals surface area (Å²) in [6.45, 7) is 3.35. The van der Waals surface area contributed by atoms with Crippen molar-refractivity contribution in [3.63, 3.8) is 0 Å². The molecule has 4 aliphatic rings. The first-order valence-electron chi connectivity index (χ1n) is 8.37. The zero-order chi connectivity index (χ0) is 13.6. The van der Waals surface area contributed by atoms with E-state index in [0.29, 0.717) is 11.5 Å². The highest BCUT2D eigenvalue weighted by atomic mass is 35.5. The third kappa shape index (κ3) is 2.85. The van der Waals surface area contributed by atoms with Crippen LogP contribution in [0.1, 0.15) is 51.1 Å². The first kappa shape index (κ1) is 15.3. The van der Waals surface area contributed by atoms with Crippen molar-refractivity contribution in [2.75, 3.05) is 0 Å². The maximum atomic E-state index is 4.43. The van der Waals surface area contributed by atoms with Crippen LogP contribution in [0.25, 0.3) is 0 Å². The molecule has 3 heteroatoms. The van der Waals surface area contributed by atoms with Gasteiger partial charge in [-0.25, -0.2) is 0 Å². The molecular weight excluding hydrogens is 280 g/mol. The number of nitrogens with one attached hydrogen (secondary N) is 1. The van der Waals surface area contributed by atoms with Gasteiger partial charge in [-0.15, -0.1) is 12.4 Å². The van der Waals surface area contributed by atoms with Crippen molar-refractivity contribution < 1.29 is 0 Å². The third-order valence-corrected chi connectivity index (χ3v) is 6.32. The number of hydrogen-bond acceptors (Lipinski definition) is 2. The van der Waals surface area contributed by atoms with Crippen LogP contribution < -0.4 is 5.32 Å². The summed E-state index contributed by atoms with van der Waals surface area (Å²) in [6, 6.07) is 6.84. The number of rotatable bonds is 4. The minimum Gasteiger partial charge on any atom is -0.308 e. The normalized spacial score (nSPS) is 38.0. The Morgan fingerprint density at radius 2 is 1.76 bits per heavy atom. The van der Waals surface area contributed by atoms with Gasteiger partial charge >= 0.3 is 0 Å². The standard InChI is InChI=1S/C18H26N2.ClH/c1-13(20-12-17-4-2-3-5-19-17)18-9-14-6-15(10-18)8-16(7-14)11-18;/h2-5,13-16,20H,6-12H2,1H3;1H. The van der Waals surface area contributed by atoms with Crippen LogP contribution in [0, 0.1) is 23.2 Å². The highest BCUT2D eigenvalue weighted by Gasteiger charge is 2.52. The zero-order valence-corrected chi connectivity index (χ0v) is 13.7. The molecule has 4 bridgehead atoms. The molecule has 1 unspecified atom stereocenters. The quantitative estimate of drug-likeness (QED) is 0.902. The summed E-state index contributed by atoms with van der Waals surface area (Å²) in [7, 11) is 0. The Balaban J connectivity index is 0.00000132. The predicted molar refractivity (Wildman–Crippen MR) is 88.4 cm³/mol. The fourth-order valence-corrected chi connectivity index (χ4v) is 5.68. The van der Waals surface area contributed by atoms with Crippen molar-refractivity contribution in [2.24, 2.45) is 23.2 Å². The average Bonchev–Trinajstić information content (AvgIpc) is 2.44. The molecule has 4 fully saturated rings. The van der Waals surface area contributed by atoms with E-state index in [1.54, 1.807) is 0 Å². The molecule has 116 valence electrons. The first-order valence-corrected chi connectivity index (χ1v) is 8.37. The van der Waals surface area contributed by atoms with Gasteiger partial charge in [0.25, 0.3) is 0 Å². The summed E-state index contributed by atoms with van der Waals surface area (Å²) < 4.78 is 0. The Hall–Kier alpha value is -0.600. The predicted octanol–water partition coefficient (Wildman–Crippen LogP) is 4.20. The van der Waals surface area contributed by atoms with Gasteiger partial charge in [-0.3, -0.25) is 4.98 Å². The minimum atomic E-state index is 0. The molecule has 21 heavy (non-hydrogen) atoms. The lowest BCUT2D eigenvalue weighted by molar-refractivity contribution is -0.0707. The maximum absolute atomic E-state index is 4.43. The molecule has 4 aliphatic carbocycles. The van der Waals surface area contributed by atoms with Crippen LogP contribution in [0.15, 0.2) is 24.4 Å². The second-order valence-corrected chi connectivity index (χ2v) is 7.70. The van der Waals surface area contributed by atoms with E-state index >= 15 is 0 Å².